The second kappa shape index (κ2) is 5.63. The number of aryl methyl sites for hydroxylation is 2. The van der Waals surface area contributed by atoms with Gasteiger partial charge in [0.1, 0.15) is 0 Å². The van der Waals surface area contributed by atoms with Crippen molar-refractivity contribution >= 4 is 23.2 Å². The van der Waals surface area contributed by atoms with Crippen LogP contribution in [0.1, 0.15) is 30.9 Å². The molecule has 0 saturated heterocycles. The lowest BCUT2D eigenvalue weighted by Gasteiger charge is -2.05. The molecule has 0 heterocycles. The van der Waals surface area contributed by atoms with E-state index in [1.807, 2.05) is 19.9 Å². The average Bonchev–Trinajstić information content (AvgIpc) is 2.10. The van der Waals surface area contributed by atoms with E-state index in [9.17, 15) is 0 Å². The monoisotopic (exact) mass is 230 g/mol. The van der Waals surface area contributed by atoms with Crippen LogP contribution in [-0.2, 0) is 6.42 Å². The summed E-state index contributed by atoms with van der Waals surface area (Å²) in [6.45, 7) is 4.07. The summed E-state index contributed by atoms with van der Waals surface area (Å²) in [5, 5.41) is 1.13. The third-order valence-corrected chi connectivity index (χ3v) is 2.93. The maximum atomic E-state index is 5.94. The maximum Gasteiger partial charge on any atom is 0.0435 e. The molecule has 0 aliphatic carbocycles. The van der Waals surface area contributed by atoms with Gasteiger partial charge in [-0.05, 0) is 50.3 Å². The van der Waals surface area contributed by atoms with Gasteiger partial charge in [-0.25, -0.2) is 0 Å². The van der Waals surface area contributed by atoms with Gasteiger partial charge in [-0.15, -0.1) is 11.6 Å². The summed E-state index contributed by atoms with van der Waals surface area (Å²) in [6, 6.07) is 6.21. The van der Waals surface area contributed by atoms with Crippen LogP contribution < -0.4 is 0 Å². The molecule has 0 N–H and O–H groups in total. The molecule has 0 aromatic heterocycles. The Bertz CT molecular complexity index is 292. The van der Waals surface area contributed by atoms with Crippen LogP contribution in [0.3, 0.4) is 0 Å². The molecule has 0 saturated carbocycles. The van der Waals surface area contributed by atoms with Crippen molar-refractivity contribution in [1.82, 2.24) is 0 Å². The lowest BCUT2D eigenvalue weighted by atomic mass is 10.1. The van der Waals surface area contributed by atoms with E-state index in [2.05, 4.69) is 12.1 Å². The number of halogens is 2. The second-order valence-electron chi connectivity index (χ2n) is 3.76. The Balaban J connectivity index is 2.47. The highest BCUT2D eigenvalue weighted by Gasteiger charge is 2.00. The first-order chi connectivity index (χ1) is 6.59. The molecule has 0 radical (unpaired) electrons. The molecule has 1 aromatic rings. The number of hydrogen-bond donors (Lipinski definition) is 0. The number of rotatable bonds is 4. The molecular weight excluding hydrogens is 215 g/mol. The van der Waals surface area contributed by atoms with E-state index in [1.54, 1.807) is 0 Å². The fraction of sp³-hybridized carbons (Fsp3) is 0.500. The summed E-state index contributed by atoms with van der Waals surface area (Å²) >= 11 is 11.8. The highest BCUT2D eigenvalue weighted by molar-refractivity contribution is 6.31. The van der Waals surface area contributed by atoms with Crippen LogP contribution in [0.5, 0.6) is 0 Å². The number of alkyl halides is 1. The molecule has 14 heavy (non-hydrogen) atoms. The summed E-state index contributed by atoms with van der Waals surface area (Å²) in [4.78, 5) is 0. The molecule has 78 valence electrons. The minimum atomic E-state index is 0.281. The van der Waals surface area contributed by atoms with E-state index in [0.717, 1.165) is 29.8 Å². The van der Waals surface area contributed by atoms with Crippen molar-refractivity contribution in [3.8, 4) is 0 Å². The standard InChI is InChI=1S/C12H16Cl2/c1-9-8-11(6-7-12(9)14)5-3-4-10(2)13/h6-8,10H,3-5H2,1-2H3. The van der Waals surface area contributed by atoms with Gasteiger partial charge < -0.3 is 0 Å². The maximum absolute atomic E-state index is 5.94. The molecule has 2 heteroatoms. The van der Waals surface area contributed by atoms with Crippen molar-refractivity contribution < 1.29 is 0 Å². The first-order valence-electron chi connectivity index (χ1n) is 4.98. The van der Waals surface area contributed by atoms with E-state index in [0.29, 0.717) is 0 Å². The van der Waals surface area contributed by atoms with E-state index < -0.39 is 0 Å². The Morgan fingerprint density at radius 2 is 2.07 bits per heavy atom. The van der Waals surface area contributed by atoms with Gasteiger partial charge in [-0.2, -0.15) is 0 Å². The SMILES string of the molecule is Cc1cc(CCCC(C)Cl)ccc1Cl. The Labute approximate surface area is 96.2 Å². The quantitative estimate of drug-likeness (QED) is 0.664. The highest BCUT2D eigenvalue weighted by atomic mass is 35.5. The zero-order valence-electron chi connectivity index (χ0n) is 8.69. The first kappa shape index (κ1) is 11.9. The fourth-order valence-corrected chi connectivity index (χ4v) is 1.72. The molecule has 0 aliphatic rings. The largest absolute Gasteiger partial charge is 0.123 e. The van der Waals surface area contributed by atoms with E-state index in [-0.39, 0.29) is 5.38 Å². The molecule has 0 fully saturated rings. The Kier molecular flexibility index (Phi) is 4.77. The summed E-state index contributed by atoms with van der Waals surface area (Å²) in [6.07, 6.45) is 3.31. The van der Waals surface area contributed by atoms with Crippen LogP contribution in [0.25, 0.3) is 0 Å². The predicted molar refractivity (Wildman–Crippen MR) is 64.4 cm³/mol. The molecule has 1 atom stereocenters. The summed E-state index contributed by atoms with van der Waals surface area (Å²) in [5.74, 6) is 0. The molecule has 1 aromatic carbocycles. The predicted octanol–water partition coefficient (Wildman–Crippen LogP) is 4.60. The van der Waals surface area contributed by atoms with Gasteiger partial charge in [-0.1, -0.05) is 23.7 Å². The first-order valence-corrected chi connectivity index (χ1v) is 5.80. The third kappa shape index (κ3) is 3.89. The minimum Gasteiger partial charge on any atom is -0.123 e. The van der Waals surface area contributed by atoms with Crippen molar-refractivity contribution in [3.05, 3.63) is 34.3 Å². The van der Waals surface area contributed by atoms with Crippen molar-refractivity contribution in [2.45, 2.75) is 38.5 Å². The van der Waals surface area contributed by atoms with E-state index in [4.69, 9.17) is 23.2 Å². The van der Waals surface area contributed by atoms with Crippen molar-refractivity contribution in [2.24, 2.45) is 0 Å². The smallest absolute Gasteiger partial charge is 0.0435 e. The topological polar surface area (TPSA) is 0 Å². The Morgan fingerprint density at radius 1 is 1.36 bits per heavy atom. The Hall–Kier alpha value is -0.200. The Morgan fingerprint density at radius 3 is 2.64 bits per heavy atom. The van der Waals surface area contributed by atoms with Crippen LogP contribution >= 0.6 is 23.2 Å². The van der Waals surface area contributed by atoms with Crippen LogP contribution in [0.15, 0.2) is 18.2 Å². The van der Waals surface area contributed by atoms with E-state index in [1.165, 1.54) is 5.56 Å². The van der Waals surface area contributed by atoms with E-state index >= 15 is 0 Å². The lowest BCUT2D eigenvalue weighted by molar-refractivity contribution is 0.723. The minimum absolute atomic E-state index is 0.281. The normalized spacial score (nSPS) is 12.9. The van der Waals surface area contributed by atoms with Gasteiger partial charge in [0.15, 0.2) is 0 Å². The summed E-state index contributed by atoms with van der Waals surface area (Å²) in [5.41, 5.74) is 2.51. The van der Waals surface area contributed by atoms with Crippen molar-refractivity contribution in [3.63, 3.8) is 0 Å². The summed E-state index contributed by atoms with van der Waals surface area (Å²) in [7, 11) is 0. The average molecular weight is 231 g/mol. The number of hydrogen-bond acceptors (Lipinski definition) is 0. The highest BCUT2D eigenvalue weighted by Crippen LogP contribution is 2.18. The van der Waals surface area contributed by atoms with Crippen molar-refractivity contribution in [1.29, 1.82) is 0 Å². The third-order valence-electron chi connectivity index (χ3n) is 2.29. The second-order valence-corrected chi connectivity index (χ2v) is 4.91. The number of benzene rings is 1. The molecular formula is C12H16Cl2. The molecule has 1 rings (SSSR count). The van der Waals surface area contributed by atoms with Gasteiger partial charge in [0.05, 0.1) is 0 Å². The van der Waals surface area contributed by atoms with Crippen molar-refractivity contribution in [2.75, 3.05) is 0 Å². The molecule has 0 nitrogen and oxygen atoms in total. The van der Waals surface area contributed by atoms with Crippen LogP contribution in [0, 0.1) is 6.92 Å². The van der Waals surface area contributed by atoms with Gasteiger partial charge >= 0.3 is 0 Å². The van der Waals surface area contributed by atoms with Gasteiger partial charge in [0.25, 0.3) is 0 Å². The molecule has 0 amide bonds. The lowest BCUT2D eigenvalue weighted by Crippen LogP contribution is -1.93. The zero-order chi connectivity index (χ0) is 10.6. The van der Waals surface area contributed by atoms with Crippen LogP contribution in [-0.4, -0.2) is 5.38 Å². The molecule has 0 spiro atoms. The van der Waals surface area contributed by atoms with Crippen LogP contribution in [0.4, 0.5) is 0 Å². The molecule has 0 bridgehead atoms. The molecule has 1 unspecified atom stereocenters. The van der Waals surface area contributed by atoms with Gasteiger partial charge in [0, 0.05) is 10.4 Å². The zero-order valence-corrected chi connectivity index (χ0v) is 10.2. The van der Waals surface area contributed by atoms with Gasteiger partial charge in [0.2, 0.25) is 0 Å². The van der Waals surface area contributed by atoms with Crippen LogP contribution in [0.2, 0.25) is 5.02 Å². The molecule has 0 aliphatic heterocycles. The summed E-state index contributed by atoms with van der Waals surface area (Å²) < 4.78 is 0. The fourth-order valence-electron chi connectivity index (χ4n) is 1.45. The van der Waals surface area contributed by atoms with Gasteiger partial charge in [-0.3, -0.25) is 0 Å².